The molecule has 1 N–H and O–H groups in total. The molecule has 1 aliphatic rings. The van der Waals surface area contributed by atoms with Crippen molar-refractivity contribution in [2.75, 3.05) is 37.6 Å². The second kappa shape index (κ2) is 8.32. The van der Waals surface area contributed by atoms with Crippen molar-refractivity contribution in [1.29, 1.82) is 0 Å². The fraction of sp³-hybridized carbons (Fsp3) is 0.429. The number of benzene rings is 2. The molecule has 1 atom stereocenters. The molecule has 0 amide bonds. The van der Waals surface area contributed by atoms with Gasteiger partial charge in [0.2, 0.25) is 0 Å². The van der Waals surface area contributed by atoms with E-state index in [-0.39, 0.29) is 6.10 Å². The van der Waals surface area contributed by atoms with Crippen LogP contribution in [0.3, 0.4) is 0 Å². The van der Waals surface area contributed by atoms with Crippen LogP contribution in [0.2, 0.25) is 0 Å². The van der Waals surface area contributed by atoms with Gasteiger partial charge in [0, 0.05) is 38.4 Å². The first-order valence-electron chi connectivity index (χ1n) is 8.97. The Morgan fingerprint density at radius 3 is 2.25 bits per heavy atom. The Hall–Kier alpha value is -1.84. The van der Waals surface area contributed by atoms with E-state index in [4.69, 9.17) is 0 Å². The van der Waals surface area contributed by atoms with Gasteiger partial charge in [0.25, 0.3) is 0 Å². The van der Waals surface area contributed by atoms with Gasteiger partial charge >= 0.3 is 0 Å². The third kappa shape index (κ3) is 4.83. The van der Waals surface area contributed by atoms with Crippen LogP contribution in [0.5, 0.6) is 0 Å². The molecule has 1 fully saturated rings. The summed E-state index contributed by atoms with van der Waals surface area (Å²) in [5.41, 5.74) is 3.92. The number of β-amino-alcohol motifs (C(OH)–C–C–N with tert-alkyl or cyclic N) is 1. The minimum atomic E-state index is -0.240. The summed E-state index contributed by atoms with van der Waals surface area (Å²) < 4.78 is 0. The van der Waals surface area contributed by atoms with Crippen LogP contribution in [0.25, 0.3) is 0 Å². The number of piperazine rings is 1. The molecule has 0 spiro atoms. The minimum absolute atomic E-state index is 0.240. The Morgan fingerprint density at radius 1 is 0.917 bits per heavy atom. The van der Waals surface area contributed by atoms with Gasteiger partial charge < -0.3 is 10.0 Å². The van der Waals surface area contributed by atoms with E-state index in [2.05, 4.69) is 65.3 Å². The quantitative estimate of drug-likeness (QED) is 0.884. The molecule has 2 aromatic carbocycles. The average molecular weight is 324 g/mol. The summed E-state index contributed by atoms with van der Waals surface area (Å²) in [5.74, 6) is 0. The van der Waals surface area contributed by atoms with Crippen molar-refractivity contribution in [3.63, 3.8) is 0 Å². The monoisotopic (exact) mass is 324 g/mol. The summed E-state index contributed by atoms with van der Waals surface area (Å²) in [4.78, 5) is 4.83. The zero-order valence-corrected chi connectivity index (χ0v) is 14.6. The van der Waals surface area contributed by atoms with Gasteiger partial charge in [0.15, 0.2) is 0 Å². The molecule has 1 unspecified atom stereocenters. The van der Waals surface area contributed by atoms with Crippen molar-refractivity contribution in [3.05, 3.63) is 65.7 Å². The van der Waals surface area contributed by atoms with Gasteiger partial charge in [-0.2, -0.15) is 0 Å². The van der Waals surface area contributed by atoms with Crippen molar-refractivity contribution in [3.8, 4) is 0 Å². The van der Waals surface area contributed by atoms with Crippen LogP contribution in [0, 0.1) is 6.92 Å². The molecular formula is C21H28N2O. The second-order valence-corrected chi connectivity index (χ2v) is 6.80. The molecule has 24 heavy (non-hydrogen) atoms. The molecule has 1 saturated heterocycles. The lowest BCUT2D eigenvalue weighted by molar-refractivity contribution is 0.102. The van der Waals surface area contributed by atoms with Crippen molar-refractivity contribution in [1.82, 2.24) is 4.90 Å². The van der Waals surface area contributed by atoms with Gasteiger partial charge in [-0.1, -0.05) is 48.0 Å². The van der Waals surface area contributed by atoms with Crippen LogP contribution in [0.4, 0.5) is 5.69 Å². The maximum Gasteiger partial charge on any atom is 0.0670 e. The predicted octanol–water partition coefficient (Wildman–Crippen LogP) is 3.11. The van der Waals surface area contributed by atoms with Gasteiger partial charge in [-0.15, -0.1) is 0 Å². The lowest BCUT2D eigenvalue weighted by Gasteiger charge is -2.37. The Bertz CT molecular complexity index is 603. The minimum Gasteiger partial charge on any atom is -0.392 e. The van der Waals surface area contributed by atoms with E-state index < -0.39 is 0 Å². The van der Waals surface area contributed by atoms with Crippen LogP contribution in [0.15, 0.2) is 54.6 Å². The Kier molecular flexibility index (Phi) is 5.89. The number of hydrogen-bond donors (Lipinski definition) is 1. The molecule has 0 radical (unpaired) electrons. The highest BCUT2D eigenvalue weighted by atomic mass is 16.3. The predicted molar refractivity (Wildman–Crippen MR) is 101 cm³/mol. The molecule has 1 aliphatic heterocycles. The van der Waals surface area contributed by atoms with Crippen molar-refractivity contribution < 1.29 is 5.11 Å². The van der Waals surface area contributed by atoms with E-state index in [1.807, 2.05) is 6.07 Å². The standard InChI is InChI=1S/C21H28N2O/c1-18-7-10-20(11-8-18)23-15-13-22(14-16-23)17-21(24)12-9-19-5-3-2-4-6-19/h2-8,10-11,21,24H,9,12-17H2,1H3. The maximum atomic E-state index is 10.3. The van der Waals surface area contributed by atoms with Crippen molar-refractivity contribution >= 4 is 5.69 Å². The largest absolute Gasteiger partial charge is 0.392 e. The zero-order valence-electron chi connectivity index (χ0n) is 14.6. The third-order valence-corrected chi connectivity index (χ3v) is 4.85. The fourth-order valence-electron chi connectivity index (χ4n) is 3.31. The number of aliphatic hydroxyl groups is 1. The van der Waals surface area contributed by atoms with Crippen molar-refractivity contribution in [2.24, 2.45) is 0 Å². The highest BCUT2D eigenvalue weighted by molar-refractivity contribution is 5.47. The number of aliphatic hydroxyl groups excluding tert-OH is 1. The van der Waals surface area contributed by atoms with Gasteiger partial charge in [0.1, 0.15) is 0 Å². The Balaban J connectivity index is 1.41. The summed E-state index contributed by atoms with van der Waals surface area (Å²) >= 11 is 0. The van der Waals surface area contributed by atoms with Crippen LogP contribution in [-0.2, 0) is 6.42 Å². The van der Waals surface area contributed by atoms with E-state index >= 15 is 0 Å². The van der Waals surface area contributed by atoms with E-state index in [1.165, 1.54) is 16.8 Å². The average Bonchev–Trinajstić information content (AvgIpc) is 2.62. The first kappa shape index (κ1) is 17.0. The first-order chi connectivity index (χ1) is 11.7. The summed E-state index contributed by atoms with van der Waals surface area (Å²) in [7, 11) is 0. The molecule has 0 saturated carbocycles. The lowest BCUT2D eigenvalue weighted by atomic mass is 10.1. The van der Waals surface area contributed by atoms with Crippen LogP contribution in [0.1, 0.15) is 17.5 Å². The van der Waals surface area contributed by atoms with Gasteiger partial charge in [-0.3, -0.25) is 4.90 Å². The zero-order chi connectivity index (χ0) is 16.8. The van der Waals surface area contributed by atoms with Gasteiger partial charge in [0.05, 0.1) is 6.10 Å². The molecule has 2 aromatic rings. The van der Waals surface area contributed by atoms with E-state index in [0.717, 1.165) is 45.6 Å². The maximum absolute atomic E-state index is 10.3. The van der Waals surface area contributed by atoms with Crippen LogP contribution >= 0.6 is 0 Å². The number of nitrogens with zero attached hydrogens (tertiary/aromatic N) is 2. The van der Waals surface area contributed by atoms with E-state index in [9.17, 15) is 5.11 Å². The molecule has 0 aliphatic carbocycles. The smallest absolute Gasteiger partial charge is 0.0670 e. The highest BCUT2D eigenvalue weighted by Gasteiger charge is 2.19. The molecular weight excluding hydrogens is 296 g/mol. The number of aryl methyl sites for hydroxylation is 2. The number of anilines is 1. The third-order valence-electron chi connectivity index (χ3n) is 4.85. The molecule has 3 heteroatoms. The normalized spacial score (nSPS) is 17.0. The van der Waals surface area contributed by atoms with Gasteiger partial charge in [-0.05, 0) is 37.5 Å². The summed E-state index contributed by atoms with van der Waals surface area (Å²) in [6.45, 7) is 7.03. The topological polar surface area (TPSA) is 26.7 Å². The highest BCUT2D eigenvalue weighted by Crippen LogP contribution is 2.17. The van der Waals surface area contributed by atoms with Crippen LogP contribution in [-0.4, -0.2) is 48.8 Å². The molecule has 3 rings (SSSR count). The Labute approximate surface area is 145 Å². The Morgan fingerprint density at radius 2 is 1.58 bits per heavy atom. The molecule has 1 heterocycles. The van der Waals surface area contributed by atoms with E-state index in [0.29, 0.717) is 0 Å². The van der Waals surface area contributed by atoms with Crippen molar-refractivity contribution in [2.45, 2.75) is 25.9 Å². The fourth-order valence-corrected chi connectivity index (χ4v) is 3.31. The molecule has 0 bridgehead atoms. The van der Waals surface area contributed by atoms with Gasteiger partial charge in [-0.25, -0.2) is 0 Å². The molecule has 0 aromatic heterocycles. The SMILES string of the molecule is Cc1ccc(N2CCN(CC(O)CCc3ccccc3)CC2)cc1. The summed E-state index contributed by atoms with van der Waals surface area (Å²) in [6, 6.07) is 19.2. The lowest BCUT2D eigenvalue weighted by Crippen LogP contribution is -2.48. The number of hydrogen-bond acceptors (Lipinski definition) is 3. The first-order valence-corrected chi connectivity index (χ1v) is 8.97. The van der Waals surface area contributed by atoms with Crippen LogP contribution < -0.4 is 4.90 Å². The molecule has 128 valence electrons. The second-order valence-electron chi connectivity index (χ2n) is 6.80. The van der Waals surface area contributed by atoms with E-state index in [1.54, 1.807) is 0 Å². The summed E-state index contributed by atoms with van der Waals surface area (Å²) in [5, 5.41) is 10.3. The number of rotatable bonds is 6. The molecule has 3 nitrogen and oxygen atoms in total. The summed E-state index contributed by atoms with van der Waals surface area (Å²) in [6.07, 6.45) is 1.55.